The molecule has 0 saturated heterocycles. The second-order valence-corrected chi connectivity index (χ2v) is 5.24. The Kier molecular flexibility index (Phi) is 3.35. The maximum absolute atomic E-state index is 13.2. The first-order valence-electron chi connectivity index (χ1n) is 6.70. The lowest BCUT2D eigenvalue weighted by molar-refractivity contribution is 0.0901. The number of Topliss-reactive ketones (excluding diaryl/α,β-unsaturated/α-hetero) is 1. The molecular formula is C17H14F2O. The Morgan fingerprint density at radius 1 is 1.05 bits per heavy atom. The lowest BCUT2D eigenvalue weighted by Crippen LogP contribution is -2.24. The van der Waals surface area contributed by atoms with E-state index < -0.39 is 11.6 Å². The average Bonchev–Trinajstić information content (AvgIpc) is 2.41. The Bertz CT molecular complexity index is 644. The Morgan fingerprint density at radius 3 is 2.50 bits per heavy atom. The van der Waals surface area contributed by atoms with Gasteiger partial charge in [0, 0.05) is 17.5 Å². The Balaban J connectivity index is 1.84. The van der Waals surface area contributed by atoms with E-state index >= 15 is 0 Å². The number of rotatable bonds is 2. The zero-order valence-electron chi connectivity index (χ0n) is 10.9. The minimum atomic E-state index is -0.594. The van der Waals surface area contributed by atoms with E-state index in [2.05, 4.69) is 0 Å². The smallest absolute Gasteiger partial charge is 0.166 e. The number of hydrogen-bond donors (Lipinski definition) is 0. The van der Waals surface area contributed by atoms with Gasteiger partial charge in [-0.15, -0.1) is 0 Å². The van der Waals surface area contributed by atoms with Crippen LogP contribution in [0.2, 0.25) is 0 Å². The largest absolute Gasteiger partial charge is 0.294 e. The predicted octanol–water partition coefficient (Wildman–Crippen LogP) is 3.95. The second kappa shape index (κ2) is 5.16. The summed E-state index contributed by atoms with van der Waals surface area (Å²) in [5, 5.41) is 0. The number of fused-ring (bicyclic) bond motifs is 1. The van der Waals surface area contributed by atoms with Gasteiger partial charge >= 0.3 is 0 Å². The lowest BCUT2D eigenvalue weighted by Gasteiger charge is -2.23. The van der Waals surface area contributed by atoms with Crippen LogP contribution in [0, 0.1) is 17.6 Å². The number of halogens is 2. The van der Waals surface area contributed by atoms with Gasteiger partial charge in [-0.3, -0.25) is 4.79 Å². The zero-order chi connectivity index (χ0) is 14.1. The molecule has 0 aliphatic heterocycles. The van der Waals surface area contributed by atoms with Crippen molar-refractivity contribution >= 4 is 5.78 Å². The fraction of sp³-hybridized carbons (Fsp3) is 0.235. The molecule has 0 fully saturated rings. The van der Waals surface area contributed by atoms with Gasteiger partial charge in [-0.25, -0.2) is 8.78 Å². The van der Waals surface area contributed by atoms with Crippen molar-refractivity contribution in [2.75, 3.05) is 0 Å². The summed E-state index contributed by atoms with van der Waals surface area (Å²) in [6.45, 7) is 0. The van der Waals surface area contributed by atoms with Crippen LogP contribution in [0.25, 0.3) is 0 Å². The van der Waals surface area contributed by atoms with Crippen LogP contribution in [0.15, 0.2) is 42.5 Å². The van der Waals surface area contributed by atoms with Crippen LogP contribution in [-0.2, 0) is 12.8 Å². The van der Waals surface area contributed by atoms with Gasteiger partial charge in [-0.2, -0.15) is 0 Å². The standard InChI is InChI=1S/C17H14F2O/c18-14-8-11(9-15(19)10-14)7-13-6-5-12-3-1-2-4-16(12)17(13)20/h1-4,8-10,13H,5-7H2. The summed E-state index contributed by atoms with van der Waals surface area (Å²) in [7, 11) is 0. The zero-order valence-corrected chi connectivity index (χ0v) is 10.9. The van der Waals surface area contributed by atoms with Gasteiger partial charge in [0.15, 0.2) is 5.78 Å². The summed E-state index contributed by atoms with van der Waals surface area (Å²) in [5.41, 5.74) is 2.36. The topological polar surface area (TPSA) is 17.1 Å². The van der Waals surface area contributed by atoms with Crippen molar-refractivity contribution in [3.05, 3.63) is 70.8 Å². The number of ketones is 1. The van der Waals surface area contributed by atoms with Crippen LogP contribution in [0.1, 0.15) is 27.9 Å². The van der Waals surface area contributed by atoms with Gasteiger partial charge in [-0.05, 0) is 42.5 Å². The molecular weight excluding hydrogens is 258 g/mol. The third kappa shape index (κ3) is 2.48. The Labute approximate surface area is 116 Å². The molecule has 3 rings (SSSR count). The fourth-order valence-corrected chi connectivity index (χ4v) is 2.87. The molecule has 1 aliphatic carbocycles. The van der Waals surface area contributed by atoms with Gasteiger partial charge in [0.2, 0.25) is 0 Å². The van der Waals surface area contributed by atoms with Crippen LogP contribution in [0.3, 0.4) is 0 Å². The highest BCUT2D eigenvalue weighted by Crippen LogP contribution is 2.28. The molecule has 0 amide bonds. The maximum Gasteiger partial charge on any atom is 0.166 e. The van der Waals surface area contributed by atoms with E-state index in [0.717, 1.165) is 30.0 Å². The minimum Gasteiger partial charge on any atom is -0.294 e. The minimum absolute atomic E-state index is 0.0801. The van der Waals surface area contributed by atoms with Crippen molar-refractivity contribution in [2.24, 2.45) is 5.92 Å². The van der Waals surface area contributed by atoms with Crippen molar-refractivity contribution in [1.29, 1.82) is 0 Å². The number of carbonyl (C=O) groups excluding carboxylic acids is 1. The summed E-state index contributed by atoms with van der Waals surface area (Å²) >= 11 is 0. The first kappa shape index (κ1) is 13.0. The second-order valence-electron chi connectivity index (χ2n) is 5.24. The summed E-state index contributed by atoms with van der Waals surface area (Å²) in [5.74, 6) is -1.30. The molecule has 2 aromatic carbocycles. The molecule has 20 heavy (non-hydrogen) atoms. The molecule has 1 aliphatic rings. The van der Waals surface area contributed by atoms with Crippen LogP contribution in [0.5, 0.6) is 0 Å². The van der Waals surface area contributed by atoms with Gasteiger partial charge in [-0.1, -0.05) is 24.3 Å². The van der Waals surface area contributed by atoms with Crippen LogP contribution in [0.4, 0.5) is 8.78 Å². The normalized spacial score (nSPS) is 17.9. The Morgan fingerprint density at radius 2 is 1.75 bits per heavy atom. The van der Waals surface area contributed by atoms with E-state index in [1.54, 1.807) is 0 Å². The number of hydrogen-bond acceptors (Lipinski definition) is 1. The first-order valence-corrected chi connectivity index (χ1v) is 6.70. The van der Waals surface area contributed by atoms with E-state index in [9.17, 15) is 13.6 Å². The third-order valence-corrected chi connectivity index (χ3v) is 3.82. The van der Waals surface area contributed by atoms with E-state index in [0.29, 0.717) is 12.0 Å². The molecule has 2 aromatic rings. The quantitative estimate of drug-likeness (QED) is 0.809. The van der Waals surface area contributed by atoms with Crippen LogP contribution in [-0.4, -0.2) is 5.78 Å². The van der Waals surface area contributed by atoms with Crippen molar-refractivity contribution in [1.82, 2.24) is 0 Å². The SMILES string of the molecule is O=C1c2ccccc2CCC1Cc1cc(F)cc(F)c1. The monoisotopic (exact) mass is 272 g/mol. The van der Waals surface area contributed by atoms with Gasteiger partial charge in [0.1, 0.15) is 11.6 Å². The highest BCUT2D eigenvalue weighted by atomic mass is 19.1. The summed E-state index contributed by atoms with van der Waals surface area (Å²) in [6.07, 6.45) is 1.96. The molecule has 0 N–H and O–H groups in total. The number of benzene rings is 2. The predicted molar refractivity (Wildman–Crippen MR) is 72.6 cm³/mol. The van der Waals surface area contributed by atoms with Gasteiger partial charge in [0.05, 0.1) is 0 Å². The molecule has 0 heterocycles. The van der Waals surface area contributed by atoms with Crippen LogP contribution >= 0.6 is 0 Å². The number of aryl methyl sites for hydroxylation is 1. The van der Waals surface area contributed by atoms with Crippen molar-refractivity contribution in [3.8, 4) is 0 Å². The molecule has 0 saturated carbocycles. The van der Waals surface area contributed by atoms with E-state index in [-0.39, 0.29) is 11.7 Å². The van der Waals surface area contributed by atoms with Gasteiger partial charge in [0.25, 0.3) is 0 Å². The molecule has 1 unspecified atom stereocenters. The first-order chi connectivity index (χ1) is 9.63. The van der Waals surface area contributed by atoms with Crippen molar-refractivity contribution in [3.63, 3.8) is 0 Å². The maximum atomic E-state index is 13.2. The molecule has 1 nitrogen and oxygen atoms in total. The highest BCUT2D eigenvalue weighted by Gasteiger charge is 2.27. The van der Waals surface area contributed by atoms with E-state index in [4.69, 9.17) is 0 Å². The summed E-state index contributed by atoms with van der Waals surface area (Å²) in [6, 6.07) is 11.0. The molecule has 3 heteroatoms. The molecule has 0 aromatic heterocycles. The molecule has 102 valence electrons. The summed E-state index contributed by atoms with van der Waals surface area (Å²) < 4.78 is 26.4. The molecule has 0 radical (unpaired) electrons. The van der Waals surface area contributed by atoms with E-state index in [1.165, 1.54) is 12.1 Å². The highest BCUT2D eigenvalue weighted by molar-refractivity contribution is 6.00. The van der Waals surface area contributed by atoms with Crippen molar-refractivity contribution in [2.45, 2.75) is 19.3 Å². The molecule has 1 atom stereocenters. The summed E-state index contributed by atoms with van der Waals surface area (Å²) in [4.78, 5) is 12.4. The fourth-order valence-electron chi connectivity index (χ4n) is 2.87. The van der Waals surface area contributed by atoms with Gasteiger partial charge < -0.3 is 0 Å². The lowest BCUT2D eigenvalue weighted by atomic mass is 9.80. The molecule has 0 spiro atoms. The van der Waals surface area contributed by atoms with E-state index in [1.807, 2.05) is 24.3 Å². The number of carbonyl (C=O) groups is 1. The Hall–Kier alpha value is -2.03. The average molecular weight is 272 g/mol. The van der Waals surface area contributed by atoms with Crippen molar-refractivity contribution < 1.29 is 13.6 Å². The third-order valence-electron chi connectivity index (χ3n) is 3.82. The van der Waals surface area contributed by atoms with Crippen LogP contribution < -0.4 is 0 Å². The molecule has 0 bridgehead atoms.